The lowest BCUT2D eigenvalue weighted by atomic mass is 10.2. The lowest BCUT2D eigenvalue weighted by molar-refractivity contribution is 0.0503. The average Bonchev–Trinajstić information content (AvgIpc) is 4.01. The first-order chi connectivity index (χ1) is 28.8. The Balaban J connectivity index is 0.000000241. The van der Waals surface area contributed by atoms with Crippen molar-refractivity contribution in [1.82, 2.24) is 34.7 Å². The summed E-state index contributed by atoms with van der Waals surface area (Å²) >= 11 is 6.51. The summed E-state index contributed by atoms with van der Waals surface area (Å²) < 4.78 is 73.7. The molecule has 6 rings (SSSR count). The quantitative estimate of drug-likeness (QED) is 0.116. The number of aromatic nitrogens is 7. The highest BCUT2D eigenvalue weighted by Crippen LogP contribution is 2.31. The van der Waals surface area contributed by atoms with E-state index in [4.69, 9.17) is 30.4 Å². The number of carbonyl (C=O) groups is 2. The minimum Gasteiger partial charge on any atom is -0.495 e. The number of hydrogen-bond acceptors (Lipinski definition) is 15. The van der Waals surface area contributed by atoms with E-state index >= 15 is 0 Å². The number of benzene rings is 2. The maximum Gasteiger partial charge on any atom is 0.435 e. The molecule has 19 nitrogen and oxygen atoms in total. The Labute approximate surface area is 376 Å². The van der Waals surface area contributed by atoms with Crippen molar-refractivity contribution in [3.05, 3.63) is 112 Å². The molecule has 0 atom stereocenters. The van der Waals surface area contributed by atoms with Crippen LogP contribution in [0, 0.1) is 0 Å². The second-order valence-corrected chi connectivity index (χ2v) is 20.5. The number of anilines is 2. The zero-order valence-corrected chi connectivity index (χ0v) is 39.9. The number of nitrogen functional groups attached to an aromatic ring is 2. The van der Waals surface area contributed by atoms with Crippen LogP contribution in [0.3, 0.4) is 0 Å². The molecule has 4 aromatic heterocycles. The summed E-state index contributed by atoms with van der Waals surface area (Å²) in [5, 5.41) is 14.1. The van der Waals surface area contributed by atoms with Gasteiger partial charge in [0.15, 0.2) is 19.7 Å². The van der Waals surface area contributed by atoms with Crippen LogP contribution in [0.15, 0.2) is 110 Å². The zero-order chi connectivity index (χ0) is 46.5. The molecule has 6 aromatic rings. The molecule has 0 aliphatic carbocycles. The van der Waals surface area contributed by atoms with Crippen LogP contribution in [0.4, 0.5) is 21.1 Å². The highest BCUT2D eigenvalue weighted by Gasteiger charge is 2.25. The van der Waals surface area contributed by atoms with Gasteiger partial charge in [-0.1, -0.05) is 31.9 Å². The SMILES string of the molecule is CC(C)(C)OC(=O)n1ccc(N)n1.COc1ccc(Br)cc1S(=O)(=O)Cc1ccn(C(=O)OC(C)(C)C)n1.COc1ccc(Br)cc1S(=O)(=O)Cc1ccn[nH]1.Nc1cc[nH]c1. The second-order valence-electron chi connectivity index (χ2n) is 14.7. The normalized spacial score (nSPS) is 11.4. The van der Waals surface area contributed by atoms with E-state index in [9.17, 15) is 26.4 Å². The fraction of sp³-hybridized carbons (Fsp3) is 0.308. The Kier molecular flexibility index (Phi) is 17.9. The summed E-state index contributed by atoms with van der Waals surface area (Å²) in [5.74, 6) is 0.369. The fourth-order valence-corrected chi connectivity index (χ4v) is 8.62. The number of hydrogen-bond donors (Lipinski definition) is 4. The second kappa shape index (κ2) is 21.9. The zero-order valence-electron chi connectivity index (χ0n) is 35.1. The van der Waals surface area contributed by atoms with E-state index in [1.807, 2.05) is 0 Å². The molecule has 0 amide bonds. The lowest BCUT2D eigenvalue weighted by Gasteiger charge is -2.18. The molecule has 0 radical (unpaired) electrons. The number of carbonyl (C=O) groups excluding carboxylic acids is 2. The summed E-state index contributed by atoms with van der Waals surface area (Å²) in [5.41, 5.74) is 11.0. The van der Waals surface area contributed by atoms with Crippen LogP contribution in [0.5, 0.6) is 11.5 Å². The van der Waals surface area contributed by atoms with Crippen LogP contribution in [0.2, 0.25) is 0 Å². The van der Waals surface area contributed by atoms with E-state index in [1.54, 1.807) is 90.3 Å². The third kappa shape index (κ3) is 16.7. The van der Waals surface area contributed by atoms with E-state index in [-0.39, 0.29) is 32.7 Å². The number of halogens is 2. The van der Waals surface area contributed by atoms with Crippen molar-refractivity contribution in [2.24, 2.45) is 0 Å². The van der Waals surface area contributed by atoms with Crippen molar-refractivity contribution in [2.75, 3.05) is 25.7 Å². The van der Waals surface area contributed by atoms with Gasteiger partial charge in [0, 0.05) is 51.7 Å². The number of H-pyrrole nitrogens is 2. The molecule has 62 heavy (non-hydrogen) atoms. The monoisotopic (exact) mass is 1030 g/mol. The molecular formula is C39H49Br2N9O10S2. The van der Waals surface area contributed by atoms with Crippen molar-refractivity contribution < 1.29 is 45.4 Å². The molecule has 0 fully saturated rings. The maximum atomic E-state index is 12.7. The van der Waals surface area contributed by atoms with Crippen molar-refractivity contribution >= 4 is 75.2 Å². The molecular weight excluding hydrogens is 978 g/mol. The van der Waals surface area contributed by atoms with E-state index < -0.39 is 43.1 Å². The number of ether oxygens (including phenoxy) is 4. The van der Waals surface area contributed by atoms with Crippen LogP contribution in [0.25, 0.3) is 0 Å². The first-order valence-electron chi connectivity index (χ1n) is 18.1. The van der Waals surface area contributed by atoms with Crippen molar-refractivity contribution in [1.29, 1.82) is 0 Å². The van der Waals surface area contributed by atoms with Crippen LogP contribution in [-0.4, -0.2) is 89.2 Å². The highest BCUT2D eigenvalue weighted by molar-refractivity contribution is 9.10. The number of sulfone groups is 2. The molecule has 0 saturated carbocycles. The third-order valence-corrected chi connectivity index (χ3v) is 11.5. The summed E-state index contributed by atoms with van der Waals surface area (Å²) in [6.45, 7) is 10.6. The van der Waals surface area contributed by atoms with Gasteiger partial charge in [0.05, 0.1) is 37.1 Å². The molecule has 4 heterocycles. The molecule has 0 aliphatic heterocycles. The Morgan fingerprint density at radius 1 is 0.710 bits per heavy atom. The van der Waals surface area contributed by atoms with Gasteiger partial charge in [-0.2, -0.15) is 19.6 Å². The molecule has 6 N–H and O–H groups in total. The minimum absolute atomic E-state index is 0.0520. The maximum absolute atomic E-state index is 12.7. The molecule has 23 heteroatoms. The molecule has 0 spiro atoms. The summed E-state index contributed by atoms with van der Waals surface area (Å²) in [4.78, 5) is 26.3. The van der Waals surface area contributed by atoms with Crippen LogP contribution < -0.4 is 20.9 Å². The van der Waals surface area contributed by atoms with Crippen LogP contribution in [-0.2, 0) is 40.7 Å². The van der Waals surface area contributed by atoms with E-state index in [0.29, 0.717) is 26.2 Å². The molecule has 0 bridgehead atoms. The predicted octanol–water partition coefficient (Wildman–Crippen LogP) is 7.41. The molecule has 336 valence electrons. The topological polar surface area (TPSA) is 271 Å². The Morgan fingerprint density at radius 3 is 1.60 bits per heavy atom. The Morgan fingerprint density at radius 2 is 1.21 bits per heavy atom. The van der Waals surface area contributed by atoms with Crippen LogP contribution in [0.1, 0.15) is 52.9 Å². The standard InChI is InChI=1S/C16H19BrN2O5S.C11H11BrN2O3S.C8H13N3O2.C4H6N2/c1-16(2,3)24-15(20)19-8-7-12(18-19)10-25(21,22)14-9-11(17)5-6-13(14)23-4;1-17-10-3-2-8(12)6-11(10)18(15,16)7-9-4-5-13-14-9;1-8(2,3)13-7(12)11-5-4-6(9)10-11;5-4-1-2-6-3-4/h5-9H,10H2,1-4H3;2-6H,7H2,1H3,(H,13,14);4-5H,1-3H3,(H2,9,10);1-3,6H,5H2. The molecule has 2 aromatic carbocycles. The highest BCUT2D eigenvalue weighted by atomic mass is 79.9. The smallest absolute Gasteiger partial charge is 0.435 e. The van der Waals surface area contributed by atoms with Gasteiger partial charge in [-0.3, -0.25) is 5.10 Å². The first kappa shape index (κ1) is 50.7. The Hall–Kier alpha value is -5.65. The van der Waals surface area contributed by atoms with Crippen LogP contribution >= 0.6 is 31.9 Å². The Bertz CT molecular complexity index is 2600. The number of aromatic amines is 2. The summed E-state index contributed by atoms with van der Waals surface area (Å²) in [7, 11) is -4.34. The number of nitrogens with one attached hydrogen (secondary N) is 2. The number of nitrogens with two attached hydrogens (primary N) is 2. The van der Waals surface area contributed by atoms with E-state index in [0.717, 1.165) is 15.1 Å². The summed E-state index contributed by atoms with van der Waals surface area (Å²) in [6, 6.07) is 16.0. The summed E-state index contributed by atoms with van der Waals surface area (Å²) in [6.07, 6.45) is 6.68. The largest absolute Gasteiger partial charge is 0.495 e. The minimum atomic E-state index is -3.71. The van der Waals surface area contributed by atoms with Gasteiger partial charge >= 0.3 is 12.2 Å². The van der Waals surface area contributed by atoms with Gasteiger partial charge < -0.3 is 35.4 Å². The average molecular weight is 1030 g/mol. The van der Waals surface area contributed by atoms with E-state index in [1.165, 1.54) is 57.1 Å². The van der Waals surface area contributed by atoms with E-state index in [2.05, 4.69) is 57.2 Å². The van der Waals surface area contributed by atoms with Gasteiger partial charge in [-0.25, -0.2) is 26.4 Å². The number of rotatable bonds is 8. The van der Waals surface area contributed by atoms with Crippen molar-refractivity contribution in [2.45, 2.75) is 74.0 Å². The third-order valence-electron chi connectivity index (χ3n) is 7.20. The van der Waals surface area contributed by atoms with Gasteiger partial charge in [0.1, 0.15) is 38.3 Å². The molecule has 0 unspecified atom stereocenters. The molecule has 0 saturated heterocycles. The first-order valence-corrected chi connectivity index (χ1v) is 23.0. The van der Waals surface area contributed by atoms with Crippen molar-refractivity contribution in [3.63, 3.8) is 0 Å². The van der Waals surface area contributed by atoms with Gasteiger partial charge in [-0.15, -0.1) is 5.10 Å². The number of nitrogens with zero attached hydrogens (tertiary/aromatic N) is 5. The lowest BCUT2D eigenvalue weighted by Crippen LogP contribution is -2.27. The van der Waals surface area contributed by atoms with Gasteiger partial charge in [0.25, 0.3) is 0 Å². The van der Waals surface area contributed by atoms with Crippen molar-refractivity contribution in [3.8, 4) is 11.5 Å². The predicted molar refractivity (Wildman–Crippen MR) is 239 cm³/mol. The molecule has 0 aliphatic rings. The van der Waals surface area contributed by atoms with Gasteiger partial charge in [-0.05, 0) is 96.1 Å². The fourth-order valence-electron chi connectivity index (χ4n) is 4.64. The van der Waals surface area contributed by atoms with Gasteiger partial charge in [0.2, 0.25) is 0 Å². The number of methoxy groups -OCH3 is 2.